The third kappa shape index (κ3) is 6.22. The Bertz CT molecular complexity index is 624. The summed E-state index contributed by atoms with van der Waals surface area (Å²) in [4.78, 5) is 0. The van der Waals surface area contributed by atoms with Gasteiger partial charge in [-0.2, -0.15) is 0 Å². The number of benzene rings is 2. The molecule has 2 aromatic carbocycles. The topological polar surface area (TPSA) is 0 Å². The quantitative estimate of drug-likeness (QED) is 0.309. The number of aryl methyl sites for hydroxylation is 1. The van der Waals surface area contributed by atoms with Crippen molar-refractivity contribution in [3.63, 3.8) is 0 Å². The van der Waals surface area contributed by atoms with Crippen LogP contribution < -0.4 is 0 Å². The molecule has 0 saturated heterocycles. The van der Waals surface area contributed by atoms with E-state index in [-0.39, 0.29) is 0 Å². The molecule has 0 aromatic heterocycles. The molecule has 0 radical (unpaired) electrons. The Morgan fingerprint density at radius 3 is 1.72 bits per heavy atom. The van der Waals surface area contributed by atoms with Gasteiger partial charge in [0.15, 0.2) is 17.5 Å². The van der Waals surface area contributed by atoms with Gasteiger partial charge in [0.1, 0.15) is 0 Å². The zero-order chi connectivity index (χ0) is 18.1. The van der Waals surface area contributed by atoms with Crippen molar-refractivity contribution >= 4 is 0 Å². The predicted molar refractivity (Wildman–Crippen MR) is 98.1 cm³/mol. The predicted octanol–water partition coefficient (Wildman–Crippen LogP) is 7.45. The van der Waals surface area contributed by atoms with Crippen LogP contribution in [0.2, 0.25) is 0 Å². The molecular weight excluding hydrogens is 321 g/mol. The van der Waals surface area contributed by atoms with Gasteiger partial charge in [-0.3, -0.25) is 0 Å². The van der Waals surface area contributed by atoms with Crippen molar-refractivity contribution in [1.82, 2.24) is 0 Å². The van der Waals surface area contributed by atoms with Gasteiger partial charge in [0.05, 0.1) is 0 Å². The molecule has 0 saturated carbocycles. The molecule has 0 aliphatic heterocycles. The van der Waals surface area contributed by atoms with E-state index < -0.39 is 17.5 Å². The number of hydrogen-bond acceptors (Lipinski definition) is 0. The van der Waals surface area contributed by atoms with Gasteiger partial charge in [0.2, 0.25) is 0 Å². The Morgan fingerprint density at radius 1 is 0.640 bits per heavy atom. The van der Waals surface area contributed by atoms with Crippen molar-refractivity contribution < 1.29 is 13.2 Å². The van der Waals surface area contributed by atoms with Crippen LogP contribution in [0.15, 0.2) is 36.4 Å². The highest BCUT2D eigenvalue weighted by atomic mass is 19.2. The lowest BCUT2D eigenvalue weighted by Crippen LogP contribution is -1.92. The van der Waals surface area contributed by atoms with Crippen LogP contribution in [0.5, 0.6) is 0 Å². The van der Waals surface area contributed by atoms with Crippen LogP contribution in [0.4, 0.5) is 13.2 Å². The number of rotatable bonds is 10. The molecule has 0 aliphatic carbocycles. The van der Waals surface area contributed by atoms with Crippen molar-refractivity contribution in [3.8, 4) is 11.1 Å². The van der Waals surface area contributed by atoms with Crippen LogP contribution in [0.1, 0.15) is 63.9 Å². The second kappa shape index (κ2) is 10.3. The minimum Gasteiger partial charge on any atom is -0.204 e. The maximum absolute atomic E-state index is 13.3. The van der Waals surface area contributed by atoms with Crippen molar-refractivity contribution in [2.45, 2.75) is 64.7 Å². The van der Waals surface area contributed by atoms with E-state index in [0.29, 0.717) is 11.1 Å². The highest BCUT2D eigenvalue weighted by molar-refractivity contribution is 5.63. The van der Waals surface area contributed by atoms with Gasteiger partial charge >= 0.3 is 0 Å². The van der Waals surface area contributed by atoms with E-state index in [9.17, 15) is 13.2 Å². The third-order valence-corrected chi connectivity index (χ3v) is 4.59. The molecule has 0 bridgehead atoms. The van der Waals surface area contributed by atoms with E-state index in [1.54, 1.807) is 0 Å². The average Bonchev–Trinajstić information content (AvgIpc) is 2.62. The maximum atomic E-state index is 13.3. The highest BCUT2D eigenvalue weighted by Crippen LogP contribution is 2.24. The second-order valence-electron chi connectivity index (χ2n) is 6.68. The monoisotopic (exact) mass is 348 g/mol. The molecule has 0 N–H and O–H groups in total. The summed E-state index contributed by atoms with van der Waals surface area (Å²) in [5.41, 5.74) is 2.27. The fourth-order valence-corrected chi connectivity index (χ4v) is 3.05. The molecule has 0 nitrogen and oxygen atoms in total. The number of hydrogen-bond donors (Lipinski definition) is 0. The SMILES string of the molecule is CCCCCCCCCCc1ccc(-c2cc(F)c(F)c(F)c2)cc1. The zero-order valence-electron chi connectivity index (χ0n) is 15.0. The lowest BCUT2D eigenvalue weighted by atomic mass is 10.0. The molecule has 0 fully saturated rings. The smallest absolute Gasteiger partial charge is 0.194 e. The summed E-state index contributed by atoms with van der Waals surface area (Å²) < 4.78 is 39.7. The maximum Gasteiger partial charge on any atom is 0.194 e. The molecule has 136 valence electrons. The Morgan fingerprint density at radius 2 is 1.16 bits per heavy atom. The summed E-state index contributed by atoms with van der Waals surface area (Å²) >= 11 is 0. The van der Waals surface area contributed by atoms with Crippen molar-refractivity contribution in [2.24, 2.45) is 0 Å². The average molecular weight is 348 g/mol. The molecular formula is C22H27F3. The van der Waals surface area contributed by atoms with Gasteiger partial charge < -0.3 is 0 Å². The van der Waals surface area contributed by atoms with Crippen LogP contribution in [-0.4, -0.2) is 0 Å². The van der Waals surface area contributed by atoms with Gasteiger partial charge in [-0.05, 0) is 41.7 Å². The van der Waals surface area contributed by atoms with Gasteiger partial charge in [-0.15, -0.1) is 0 Å². The molecule has 2 aromatic rings. The van der Waals surface area contributed by atoms with E-state index in [4.69, 9.17) is 0 Å². The first kappa shape index (κ1) is 19.6. The molecule has 0 heterocycles. The summed E-state index contributed by atoms with van der Waals surface area (Å²) in [5, 5.41) is 0. The first-order valence-corrected chi connectivity index (χ1v) is 9.35. The zero-order valence-corrected chi connectivity index (χ0v) is 15.0. The van der Waals surface area contributed by atoms with E-state index in [1.807, 2.05) is 24.3 Å². The van der Waals surface area contributed by atoms with E-state index >= 15 is 0 Å². The van der Waals surface area contributed by atoms with Gasteiger partial charge in [-0.25, -0.2) is 13.2 Å². The van der Waals surface area contributed by atoms with Gasteiger partial charge in [0, 0.05) is 0 Å². The van der Waals surface area contributed by atoms with Crippen LogP contribution in [-0.2, 0) is 6.42 Å². The minimum atomic E-state index is -1.42. The van der Waals surface area contributed by atoms with Crippen LogP contribution in [0, 0.1) is 17.5 Å². The molecule has 25 heavy (non-hydrogen) atoms. The molecule has 0 aliphatic rings. The largest absolute Gasteiger partial charge is 0.204 e. The van der Waals surface area contributed by atoms with Crippen molar-refractivity contribution in [3.05, 3.63) is 59.4 Å². The Balaban J connectivity index is 1.78. The summed E-state index contributed by atoms with van der Waals surface area (Å²) in [6.07, 6.45) is 11.3. The minimum absolute atomic E-state index is 0.357. The van der Waals surface area contributed by atoms with E-state index in [2.05, 4.69) is 6.92 Å². The van der Waals surface area contributed by atoms with Crippen molar-refractivity contribution in [2.75, 3.05) is 0 Å². The summed E-state index contributed by atoms with van der Waals surface area (Å²) in [5.74, 6) is -3.73. The Labute approximate surface area is 149 Å². The first-order chi connectivity index (χ1) is 12.1. The summed E-state index contributed by atoms with van der Waals surface area (Å²) in [6.45, 7) is 2.23. The normalized spacial score (nSPS) is 11.0. The first-order valence-electron chi connectivity index (χ1n) is 9.35. The summed E-state index contributed by atoms with van der Waals surface area (Å²) in [6, 6.07) is 9.71. The van der Waals surface area contributed by atoms with Crippen molar-refractivity contribution in [1.29, 1.82) is 0 Å². The standard InChI is InChI=1S/C22H27F3/c1-2-3-4-5-6-7-8-9-10-17-11-13-18(14-12-17)19-15-20(23)22(25)21(24)16-19/h11-16H,2-10H2,1H3. The number of halogens is 3. The summed E-state index contributed by atoms with van der Waals surface area (Å²) in [7, 11) is 0. The lowest BCUT2D eigenvalue weighted by Gasteiger charge is -2.06. The molecule has 0 amide bonds. The Hall–Kier alpha value is -1.77. The number of unbranched alkanes of at least 4 members (excludes halogenated alkanes) is 7. The second-order valence-corrected chi connectivity index (χ2v) is 6.68. The van der Waals surface area contributed by atoms with Gasteiger partial charge in [-0.1, -0.05) is 76.1 Å². The molecule has 0 spiro atoms. The molecule has 0 atom stereocenters. The third-order valence-electron chi connectivity index (χ3n) is 4.59. The van der Waals surface area contributed by atoms with Crippen LogP contribution in [0.3, 0.4) is 0 Å². The Kier molecular flexibility index (Phi) is 8.03. The molecule has 0 unspecified atom stereocenters. The lowest BCUT2D eigenvalue weighted by molar-refractivity contribution is 0.448. The van der Waals surface area contributed by atoms with E-state index in [0.717, 1.165) is 25.0 Å². The fourth-order valence-electron chi connectivity index (χ4n) is 3.05. The van der Waals surface area contributed by atoms with Crippen LogP contribution in [0.25, 0.3) is 11.1 Å². The van der Waals surface area contributed by atoms with Crippen LogP contribution >= 0.6 is 0 Å². The molecule has 2 rings (SSSR count). The highest BCUT2D eigenvalue weighted by Gasteiger charge is 2.11. The van der Waals surface area contributed by atoms with E-state index in [1.165, 1.54) is 50.5 Å². The fraction of sp³-hybridized carbons (Fsp3) is 0.455. The molecule has 3 heteroatoms. The van der Waals surface area contributed by atoms with Gasteiger partial charge in [0.25, 0.3) is 0 Å².